The van der Waals surface area contributed by atoms with Crippen molar-refractivity contribution in [1.29, 1.82) is 5.26 Å². The van der Waals surface area contributed by atoms with E-state index in [4.69, 9.17) is 14.2 Å². The summed E-state index contributed by atoms with van der Waals surface area (Å²) in [6.45, 7) is 0. The normalized spacial score (nSPS) is 10.8. The van der Waals surface area contributed by atoms with Gasteiger partial charge in [0.2, 0.25) is 5.78 Å². The van der Waals surface area contributed by atoms with Crippen molar-refractivity contribution in [3.63, 3.8) is 0 Å². The maximum atomic E-state index is 12.3. The van der Waals surface area contributed by atoms with Crippen molar-refractivity contribution < 1.29 is 19.0 Å². The van der Waals surface area contributed by atoms with Gasteiger partial charge in [0, 0.05) is 22.6 Å². The minimum atomic E-state index is -0.328. The molecule has 2 aromatic rings. The summed E-state index contributed by atoms with van der Waals surface area (Å²) in [5.41, 5.74) is 1.07. The summed E-state index contributed by atoms with van der Waals surface area (Å²) < 4.78 is 15.8. The number of allylic oxidation sites excluding steroid dienone is 1. The van der Waals surface area contributed by atoms with Crippen LogP contribution in [0.1, 0.15) is 15.9 Å². The predicted molar refractivity (Wildman–Crippen MR) is 88.3 cm³/mol. The molecule has 0 bridgehead atoms. The molecule has 0 fully saturated rings. The van der Waals surface area contributed by atoms with Crippen LogP contribution in [0.25, 0.3) is 6.08 Å². The first-order valence-corrected chi connectivity index (χ1v) is 7.57. The highest BCUT2D eigenvalue weighted by atomic mass is 32.1. The molecule has 0 unspecified atom stereocenters. The molecule has 0 aliphatic heterocycles. The molecule has 0 atom stereocenters. The molecule has 5 nitrogen and oxygen atoms in total. The maximum absolute atomic E-state index is 12.3. The van der Waals surface area contributed by atoms with Crippen LogP contribution in [0.3, 0.4) is 0 Å². The van der Waals surface area contributed by atoms with Gasteiger partial charge in [-0.3, -0.25) is 4.79 Å². The Hall–Kier alpha value is -2.78. The number of rotatable bonds is 6. The Kier molecular flexibility index (Phi) is 5.39. The minimum absolute atomic E-state index is 0.0221. The summed E-state index contributed by atoms with van der Waals surface area (Å²) in [4.78, 5) is 12.3. The topological polar surface area (TPSA) is 68.6 Å². The highest BCUT2D eigenvalue weighted by Gasteiger charge is 2.16. The van der Waals surface area contributed by atoms with Crippen molar-refractivity contribution in [2.45, 2.75) is 0 Å². The van der Waals surface area contributed by atoms with Crippen LogP contribution in [0.4, 0.5) is 0 Å². The highest BCUT2D eigenvalue weighted by molar-refractivity contribution is 7.08. The lowest BCUT2D eigenvalue weighted by atomic mass is 10.0. The molecule has 23 heavy (non-hydrogen) atoms. The van der Waals surface area contributed by atoms with Gasteiger partial charge in [0.25, 0.3) is 0 Å². The van der Waals surface area contributed by atoms with Crippen molar-refractivity contribution in [2.24, 2.45) is 0 Å². The third-order valence-corrected chi connectivity index (χ3v) is 3.87. The first kappa shape index (κ1) is 16.6. The molecule has 0 saturated heterocycles. The number of benzene rings is 1. The molecule has 118 valence electrons. The first-order chi connectivity index (χ1) is 11.1. The average molecular weight is 329 g/mol. The van der Waals surface area contributed by atoms with Crippen molar-refractivity contribution in [3.05, 3.63) is 45.7 Å². The molecule has 1 aromatic heterocycles. The number of thiophene rings is 1. The smallest absolute Gasteiger partial charge is 0.204 e. The van der Waals surface area contributed by atoms with Gasteiger partial charge in [-0.1, -0.05) is 0 Å². The molecule has 1 heterocycles. The molecule has 0 aliphatic carbocycles. The molecule has 1 aromatic carbocycles. The summed E-state index contributed by atoms with van der Waals surface area (Å²) in [6.07, 6.45) is 1.49. The lowest BCUT2D eigenvalue weighted by Crippen LogP contribution is -2.01. The van der Waals surface area contributed by atoms with E-state index in [1.165, 1.54) is 38.7 Å². The van der Waals surface area contributed by atoms with Gasteiger partial charge < -0.3 is 14.2 Å². The van der Waals surface area contributed by atoms with Gasteiger partial charge >= 0.3 is 0 Å². The van der Waals surface area contributed by atoms with Gasteiger partial charge in [-0.25, -0.2) is 0 Å². The Balaban J connectivity index is 2.51. The largest absolute Gasteiger partial charge is 0.496 e. The zero-order chi connectivity index (χ0) is 16.8. The lowest BCUT2D eigenvalue weighted by Gasteiger charge is -2.12. The Morgan fingerprint density at radius 3 is 2.30 bits per heavy atom. The van der Waals surface area contributed by atoms with Crippen LogP contribution in [0.5, 0.6) is 17.2 Å². The van der Waals surface area contributed by atoms with Crippen LogP contribution < -0.4 is 14.2 Å². The number of Topliss-reactive ketones (excluding diaryl/α,β-unsaturated/α-hetero) is 1. The van der Waals surface area contributed by atoms with E-state index in [0.717, 1.165) is 0 Å². The third kappa shape index (κ3) is 3.52. The fourth-order valence-electron chi connectivity index (χ4n) is 2.02. The summed E-state index contributed by atoms with van der Waals surface area (Å²) in [7, 11) is 4.54. The Morgan fingerprint density at radius 1 is 1.13 bits per heavy atom. The van der Waals surface area contributed by atoms with Crippen LogP contribution in [-0.4, -0.2) is 27.1 Å². The molecule has 6 heteroatoms. The van der Waals surface area contributed by atoms with Gasteiger partial charge in [0.05, 0.1) is 21.3 Å². The Bertz CT molecular complexity index is 773. The molecular weight excluding hydrogens is 314 g/mol. The van der Waals surface area contributed by atoms with E-state index < -0.39 is 0 Å². The Labute approximate surface area is 138 Å². The van der Waals surface area contributed by atoms with Crippen molar-refractivity contribution in [1.82, 2.24) is 0 Å². The van der Waals surface area contributed by atoms with Crippen LogP contribution in [0.2, 0.25) is 0 Å². The van der Waals surface area contributed by atoms with E-state index in [1.54, 1.807) is 29.0 Å². The van der Waals surface area contributed by atoms with Crippen LogP contribution >= 0.6 is 11.3 Å². The number of hydrogen-bond donors (Lipinski definition) is 0. The lowest BCUT2D eigenvalue weighted by molar-refractivity contribution is 0.104. The van der Waals surface area contributed by atoms with E-state index >= 15 is 0 Å². The highest BCUT2D eigenvalue weighted by Crippen LogP contribution is 2.35. The summed E-state index contributed by atoms with van der Waals surface area (Å²) in [6, 6.07) is 6.94. The molecule has 0 amide bonds. The van der Waals surface area contributed by atoms with Crippen LogP contribution in [0, 0.1) is 11.3 Å². The van der Waals surface area contributed by atoms with Crippen molar-refractivity contribution in [3.8, 4) is 23.3 Å². The van der Waals surface area contributed by atoms with E-state index in [9.17, 15) is 10.1 Å². The number of nitrogens with zero attached hydrogens (tertiary/aromatic N) is 1. The van der Waals surface area contributed by atoms with Gasteiger partial charge in [-0.05, 0) is 23.6 Å². The van der Waals surface area contributed by atoms with E-state index in [2.05, 4.69) is 0 Å². The molecule has 0 N–H and O–H groups in total. The van der Waals surface area contributed by atoms with Gasteiger partial charge in [-0.2, -0.15) is 16.6 Å². The number of hydrogen-bond acceptors (Lipinski definition) is 6. The monoisotopic (exact) mass is 329 g/mol. The van der Waals surface area contributed by atoms with Gasteiger partial charge in [-0.15, -0.1) is 0 Å². The van der Waals surface area contributed by atoms with E-state index in [0.29, 0.717) is 28.4 Å². The van der Waals surface area contributed by atoms with Gasteiger partial charge in [0.15, 0.2) is 11.5 Å². The number of methoxy groups -OCH3 is 3. The second-order valence-electron chi connectivity index (χ2n) is 4.46. The van der Waals surface area contributed by atoms with Crippen molar-refractivity contribution in [2.75, 3.05) is 21.3 Å². The minimum Gasteiger partial charge on any atom is -0.496 e. The first-order valence-electron chi connectivity index (χ1n) is 6.63. The van der Waals surface area contributed by atoms with Crippen LogP contribution in [-0.2, 0) is 0 Å². The maximum Gasteiger partial charge on any atom is 0.204 e. The van der Waals surface area contributed by atoms with Crippen LogP contribution in [0.15, 0.2) is 34.5 Å². The Morgan fingerprint density at radius 2 is 1.78 bits per heavy atom. The van der Waals surface area contributed by atoms with Crippen molar-refractivity contribution >= 4 is 23.2 Å². The molecular formula is C17H15NO4S. The zero-order valence-corrected chi connectivity index (χ0v) is 13.8. The second kappa shape index (κ2) is 7.47. The molecule has 0 spiro atoms. The molecule has 2 rings (SSSR count). The average Bonchev–Trinajstić information content (AvgIpc) is 3.12. The number of ketones is 1. The quantitative estimate of drug-likeness (QED) is 0.460. The number of carbonyl (C=O) groups excluding carboxylic acids is 1. The fourth-order valence-corrected chi connectivity index (χ4v) is 2.65. The van der Waals surface area contributed by atoms with E-state index in [-0.39, 0.29) is 11.4 Å². The fraction of sp³-hybridized carbons (Fsp3) is 0.176. The summed E-state index contributed by atoms with van der Waals surface area (Å²) in [5.74, 6) is 1.14. The molecule has 0 saturated carbocycles. The SMILES string of the molecule is COc1cc(OC)c(OC)cc1C=C(C#N)C(=O)c1ccsc1. The predicted octanol–water partition coefficient (Wildman–Crippen LogP) is 3.56. The number of carbonyl (C=O) groups is 1. The number of nitriles is 1. The summed E-state index contributed by atoms with van der Waals surface area (Å²) >= 11 is 1.40. The zero-order valence-electron chi connectivity index (χ0n) is 13.0. The number of ether oxygens (including phenoxy) is 3. The van der Waals surface area contributed by atoms with E-state index in [1.807, 2.05) is 6.07 Å². The second-order valence-corrected chi connectivity index (χ2v) is 5.24. The standard InChI is InChI=1S/C17H15NO4S/c1-20-14-8-16(22-3)15(21-2)7-12(14)6-13(9-18)17(19)11-4-5-23-10-11/h4-8,10H,1-3H3. The van der Waals surface area contributed by atoms with Gasteiger partial charge in [0.1, 0.15) is 17.4 Å². The summed E-state index contributed by atoms with van der Waals surface area (Å²) in [5, 5.41) is 12.8. The third-order valence-electron chi connectivity index (χ3n) is 3.18. The molecule has 0 aliphatic rings. The molecule has 0 radical (unpaired) electrons.